The quantitative estimate of drug-likeness (QED) is 0.842. The van der Waals surface area contributed by atoms with Crippen LogP contribution in [-0.4, -0.2) is 53.9 Å². The van der Waals surface area contributed by atoms with Crippen molar-refractivity contribution in [2.45, 2.75) is 19.4 Å². The Balaban J connectivity index is 1.48. The fourth-order valence-corrected chi connectivity index (χ4v) is 2.90. The minimum atomic E-state index is -0.302. The zero-order valence-corrected chi connectivity index (χ0v) is 12.5. The van der Waals surface area contributed by atoms with E-state index in [0.29, 0.717) is 38.3 Å². The Labute approximate surface area is 128 Å². The zero-order valence-electron chi connectivity index (χ0n) is 12.5. The van der Waals surface area contributed by atoms with Gasteiger partial charge in [0.1, 0.15) is 17.7 Å². The summed E-state index contributed by atoms with van der Waals surface area (Å²) in [5.41, 5.74) is 0. The summed E-state index contributed by atoms with van der Waals surface area (Å²) >= 11 is 0. The first-order valence-electron chi connectivity index (χ1n) is 7.55. The molecule has 0 saturated carbocycles. The van der Waals surface area contributed by atoms with E-state index >= 15 is 0 Å². The largest absolute Gasteiger partial charge is 0.487 e. The van der Waals surface area contributed by atoms with Gasteiger partial charge in [-0.05, 0) is 31.2 Å². The Hall–Kier alpha value is -2.11. The first-order valence-corrected chi connectivity index (χ1v) is 7.55. The summed E-state index contributed by atoms with van der Waals surface area (Å²) in [5.74, 6) is 0.166. The number of carbonyl (C=O) groups excluding carboxylic acids is 2. The summed E-state index contributed by atoms with van der Waals surface area (Å²) in [6.07, 6.45) is 0.251. The van der Waals surface area contributed by atoms with Crippen LogP contribution in [0.1, 0.15) is 13.3 Å². The van der Waals surface area contributed by atoms with Crippen LogP contribution in [0.2, 0.25) is 0 Å². The predicted octanol–water partition coefficient (Wildman–Crippen LogP) is 1.28. The van der Waals surface area contributed by atoms with Crippen molar-refractivity contribution < 1.29 is 18.7 Å². The Morgan fingerprint density at radius 3 is 2.55 bits per heavy atom. The zero-order chi connectivity index (χ0) is 15.7. The molecule has 5 nitrogen and oxygen atoms in total. The van der Waals surface area contributed by atoms with Crippen LogP contribution in [-0.2, 0) is 9.59 Å². The van der Waals surface area contributed by atoms with E-state index in [4.69, 9.17) is 4.74 Å². The molecule has 2 saturated heterocycles. The molecular formula is C16H19FN2O3. The van der Waals surface area contributed by atoms with Crippen molar-refractivity contribution in [3.05, 3.63) is 30.1 Å². The van der Waals surface area contributed by atoms with Crippen LogP contribution in [0.5, 0.6) is 5.75 Å². The van der Waals surface area contributed by atoms with Crippen molar-refractivity contribution in [2.24, 2.45) is 5.92 Å². The van der Waals surface area contributed by atoms with E-state index in [2.05, 4.69) is 0 Å². The molecule has 118 valence electrons. The van der Waals surface area contributed by atoms with E-state index in [-0.39, 0.29) is 29.7 Å². The van der Waals surface area contributed by atoms with Gasteiger partial charge in [0.2, 0.25) is 11.8 Å². The molecule has 0 radical (unpaired) electrons. The summed E-state index contributed by atoms with van der Waals surface area (Å²) in [4.78, 5) is 27.4. The molecule has 0 spiro atoms. The average Bonchev–Trinajstić information content (AvgIpc) is 2.85. The summed E-state index contributed by atoms with van der Waals surface area (Å²) in [5, 5.41) is 0. The minimum Gasteiger partial charge on any atom is -0.487 e. The van der Waals surface area contributed by atoms with E-state index in [0.717, 1.165) is 0 Å². The molecule has 1 unspecified atom stereocenters. The highest BCUT2D eigenvalue weighted by molar-refractivity contribution is 5.89. The van der Waals surface area contributed by atoms with Crippen molar-refractivity contribution in [3.8, 4) is 5.75 Å². The van der Waals surface area contributed by atoms with Crippen molar-refractivity contribution in [2.75, 3.05) is 26.2 Å². The third kappa shape index (κ3) is 2.91. The van der Waals surface area contributed by atoms with Gasteiger partial charge in [-0.15, -0.1) is 0 Å². The lowest BCUT2D eigenvalue weighted by Gasteiger charge is -2.40. The molecule has 2 aliphatic rings. The highest BCUT2D eigenvalue weighted by Gasteiger charge is 2.40. The number of likely N-dealkylation sites (tertiary alicyclic amines) is 2. The maximum absolute atomic E-state index is 12.8. The van der Waals surface area contributed by atoms with Gasteiger partial charge in [-0.2, -0.15) is 0 Å². The van der Waals surface area contributed by atoms with Crippen molar-refractivity contribution >= 4 is 11.8 Å². The number of amides is 2. The Kier molecular flexibility index (Phi) is 4.00. The van der Waals surface area contributed by atoms with E-state index in [9.17, 15) is 14.0 Å². The van der Waals surface area contributed by atoms with Crippen LogP contribution in [0.25, 0.3) is 0 Å². The standard InChI is InChI=1S/C16H19FN2O3/c1-2-18-8-11(7-15(18)20)16(21)19-9-14(10-19)22-13-5-3-12(17)4-6-13/h3-6,11,14H,2,7-10H2,1H3. The van der Waals surface area contributed by atoms with Crippen molar-refractivity contribution in [1.29, 1.82) is 0 Å². The molecule has 2 aliphatic heterocycles. The number of hydrogen-bond acceptors (Lipinski definition) is 3. The Morgan fingerprint density at radius 1 is 1.27 bits per heavy atom. The molecule has 6 heteroatoms. The van der Waals surface area contributed by atoms with Gasteiger partial charge >= 0.3 is 0 Å². The normalized spacial score (nSPS) is 21.9. The molecule has 0 N–H and O–H groups in total. The first kappa shape index (κ1) is 14.8. The second-order valence-corrected chi connectivity index (χ2v) is 5.77. The first-order chi connectivity index (χ1) is 10.6. The third-order valence-corrected chi connectivity index (χ3v) is 4.22. The van der Waals surface area contributed by atoms with E-state index < -0.39 is 0 Å². The van der Waals surface area contributed by atoms with Gasteiger partial charge in [-0.1, -0.05) is 0 Å². The second-order valence-electron chi connectivity index (χ2n) is 5.77. The van der Waals surface area contributed by atoms with Gasteiger partial charge in [0.15, 0.2) is 0 Å². The number of nitrogens with zero attached hydrogens (tertiary/aromatic N) is 2. The molecule has 1 aromatic rings. The molecule has 0 bridgehead atoms. The third-order valence-electron chi connectivity index (χ3n) is 4.22. The van der Waals surface area contributed by atoms with Gasteiger partial charge in [-0.25, -0.2) is 4.39 Å². The predicted molar refractivity (Wildman–Crippen MR) is 77.8 cm³/mol. The molecule has 2 heterocycles. The van der Waals surface area contributed by atoms with Crippen molar-refractivity contribution in [3.63, 3.8) is 0 Å². The molecule has 2 fully saturated rings. The molecule has 1 aromatic carbocycles. The van der Waals surface area contributed by atoms with Crippen LogP contribution >= 0.6 is 0 Å². The Morgan fingerprint density at radius 2 is 1.95 bits per heavy atom. The average molecular weight is 306 g/mol. The smallest absolute Gasteiger partial charge is 0.228 e. The maximum atomic E-state index is 12.8. The topological polar surface area (TPSA) is 49.9 Å². The molecular weight excluding hydrogens is 287 g/mol. The fourth-order valence-electron chi connectivity index (χ4n) is 2.90. The highest BCUT2D eigenvalue weighted by Crippen LogP contribution is 2.24. The molecule has 2 amide bonds. The number of rotatable bonds is 4. The lowest BCUT2D eigenvalue weighted by Crippen LogP contribution is -2.57. The van der Waals surface area contributed by atoms with E-state index in [1.165, 1.54) is 12.1 Å². The Bertz CT molecular complexity index is 569. The van der Waals surface area contributed by atoms with E-state index in [1.54, 1.807) is 21.9 Å². The molecule has 3 rings (SSSR count). The van der Waals surface area contributed by atoms with Crippen LogP contribution in [0.3, 0.4) is 0 Å². The number of carbonyl (C=O) groups is 2. The SMILES string of the molecule is CCN1CC(C(=O)N2CC(Oc3ccc(F)cc3)C2)CC1=O. The minimum absolute atomic E-state index is 0.0308. The van der Waals surface area contributed by atoms with Gasteiger partial charge in [0, 0.05) is 19.5 Å². The van der Waals surface area contributed by atoms with Gasteiger partial charge in [0.05, 0.1) is 19.0 Å². The van der Waals surface area contributed by atoms with Crippen LogP contribution < -0.4 is 4.74 Å². The highest BCUT2D eigenvalue weighted by atomic mass is 19.1. The van der Waals surface area contributed by atoms with Gasteiger partial charge in [0.25, 0.3) is 0 Å². The second kappa shape index (κ2) is 5.94. The van der Waals surface area contributed by atoms with Gasteiger partial charge < -0.3 is 14.5 Å². The molecule has 0 aromatic heterocycles. The maximum Gasteiger partial charge on any atom is 0.228 e. The number of ether oxygens (including phenoxy) is 1. The number of hydrogen-bond donors (Lipinski definition) is 0. The monoisotopic (exact) mass is 306 g/mol. The number of halogens is 1. The van der Waals surface area contributed by atoms with Crippen LogP contribution in [0, 0.1) is 11.7 Å². The number of benzene rings is 1. The van der Waals surface area contributed by atoms with Crippen molar-refractivity contribution in [1.82, 2.24) is 9.80 Å². The lowest BCUT2D eigenvalue weighted by atomic mass is 10.0. The summed E-state index contributed by atoms with van der Waals surface area (Å²) in [7, 11) is 0. The molecule has 22 heavy (non-hydrogen) atoms. The molecule has 0 aliphatic carbocycles. The summed E-state index contributed by atoms with van der Waals surface area (Å²) in [6.45, 7) is 4.13. The van der Waals surface area contributed by atoms with E-state index in [1.807, 2.05) is 6.92 Å². The fraction of sp³-hybridized carbons (Fsp3) is 0.500. The van der Waals surface area contributed by atoms with Crippen LogP contribution in [0.15, 0.2) is 24.3 Å². The van der Waals surface area contributed by atoms with Gasteiger partial charge in [-0.3, -0.25) is 9.59 Å². The summed E-state index contributed by atoms with van der Waals surface area (Å²) < 4.78 is 18.5. The lowest BCUT2D eigenvalue weighted by molar-refractivity contribution is -0.144. The molecule has 1 atom stereocenters. The summed E-state index contributed by atoms with van der Waals surface area (Å²) in [6, 6.07) is 5.85. The van der Waals surface area contributed by atoms with Crippen LogP contribution in [0.4, 0.5) is 4.39 Å².